The predicted molar refractivity (Wildman–Crippen MR) is 62.3 cm³/mol. The third-order valence-corrected chi connectivity index (χ3v) is 2.40. The molecule has 17 heavy (non-hydrogen) atoms. The second-order valence-corrected chi connectivity index (χ2v) is 3.69. The third kappa shape index (κ3) is 3.21. The Bertz CT molecular complexity index is 442. The Morgan fingerprint density at radius 2 is 2.06 bits per heavy atom. The van der Waals surface area contributed by atoms with Gasteiger partial charge in [0, 0.05) is 5.56 Å². The van der Waals surface area contributed by atoms with E-state index in [1.54, 1.807) is 6.92 Å². The number of Topliss-reactive ketones (excluding diaryl/α,β-unsaturated/α-hetero) is 1. The van der Waals surface area contributed by atoms with Gasteiger partial charge in [-0.25, -0.2) is 0 Å². The maximum atomic E-state index is 11.7. The maximum absolute atomic E-state index is 11.7. The predicted octanol–water partition coefficient (Wildman–Crippen LogP) is 1.11. The number of hydrogen-bond donors (Lipinski definition) is 2. The fourth-order valence-corrected chi connectivity index (χ4v) is 1.21. The average Bonchev–Trinajstić information content (AvgIpc) is 2.28. The number of rotatable bonds is 4. The summed E-state index contributed by atoms with van der Waals surface area (Å²) in [6.45, 7) is 3.00. The van der Waals surface area contributed by atoms with Crippen LogP contribution in [0.2, 0.25) is 0 Å². The number of methoxy groups -OCH3 is 1. The molecule has 0 saturated heterocycles. The lowest BCUT2D eigenvalue weighted by Gasteiger charge is -2.11. The minimum Gasteiger partial charge on any atom is -0.504 e. The number of carbonyl (C=O) groups is 2. The van der Waals surface area contributed by atoms with Gasteiger partial charge in [0.05, 0.1) is 13.2 Å². The first-order chi connectivity index (χ1) is 7.95. The summed E-state index contributed by atoms with van der Waals surface area (Å²) in [5.74, 6) is -0.362. The Hall–Kier alpha value is -2.04. The van der Waals surface area contributed by atoms with Gasteiger partial charge in [-0.15, -0.1) is 0 Å². The molecule has 0 aromatic heterocycles. The molecule has 1 amide bonds. The van der Waals surface area contributed by atoms with Gasteiger partial charge in [-0.1, -0.05) is 0 Å². The van der Waals surface area contributed by atoms with Gasteiger partial charge in [-0.05, 0) is 32.0 Å². The van der Waals surface area contributed by atoms with Crippen LogP contribution in [0.4, 0.5) is 0 Å². The van der Waals surface area contributed by atoms with Gasteiger partial charge in [0.2, 0.25) is 0 Å². The van der Waals surface area contributed by atoms with Crippen LogP contribution in [-0.2, 0) is 4.79 Å². The van der Waals surface area contributed by atoms with E-state index in [0.29, 0.717) is 5.75 Å². The summed E-state index contributed by atoms with van der Waals surface area (Å²) in [6, 6.07) is 3.75. The Labute approximate surface area is 99.4 Å². The molecule has 5 heteroatoms. The fraction of sp³-hybridized carbons (Fsp3) is 0.333. The van der Waals surface area contributed by atoms with Crippen LogP contribution in [0.25, 0.3) is 0 Å². The Kier molecular flexibility index (Phi) is 4.09. The van der Waals surface area contributed by atoms with Gasteiger partial charge < -0.3 is 15.2 Å². The molecule has 1 aromatic rings. The lowest BCUT2D eigenvalue weighted by atomic mass is 10.1. The van der Waals surface area contributed by atoms with Crippen LogP contribution in [0.3, 0.4) is 0 Å². The summed E-state index contributed by atoms with van der Waals surface area (Å²) < 4.78 is 4.86. The van der Waals surface area contributed by atoms with Crippen LogP contribution in [-0.4, -0.2) is 29.9 Å². The number of carbonyl (C=O) groups excluding carboxylic acids is 2. The minimum absolute atomic E-state index is 0.115. The zero-order chi connectivity index (χ0) is 13.0. The van der Waals surface area contributed by atoms with Gasteiger partial charge >= 0.3 is 0 Å². The van der Waals surface area contributed by atoms with E-state index in [2.05, 4.69) is 5.32 Å². The SMILES string of the molecule is COc1ccc(C(=O)NC(C)C(C)=O)cc1O. The first kappa shape index (κ1) is 13.0. The van der Waals surface area contributed by atoms with Crippen LogP contribution in [0.1, 0.15) is 24.2 Å². The fourth-order valence-electron chi connectivity index (χ4n) is 1.21. The van der Waals surface area contributed by atoms with E-state index in [0.717, 1.165) is 0 Å². The molecule has 0 bridgehead atoms. The molecule has 0 heterocycles. The number of amides is 1. The Morgan fingerprint density at radius 1 is 1.41 bits per heavy atom. The maximum Gasteiger partial charge on any atom is 0.251 e. The summed E-state index contributed by atoms with van der Waals surface area (Å²) >= 11 is 0. The standard InChI is InChI=1S/C12H15NO4/c1-7(8(2)14)13-12(16)9-4-5-11(17-3)10(15)6-9/h4-7,15H,1-3H3,(H,13,16). The van der Waals surface area contributed by atoms with E-state index in [-0.39, 0.29) is 17.1 Å². The van der Waals surface area contributed by atoms with Crippen molar-refractivity contribution in [2.45, 2.75) is 19.9 Å². The van der Waals surface area contributed by atoms with Gasteiger partial charge in [0.25, 0.3) is 5.91 Å². The smallest absolute Gasteiger partial charge is 0.251 e. The van der Waals surface area contributed by atoms with E-state index < -0.39 is 11.9 Å². The quantitative estimate of drug-likeness (QED) is 0.822. The van der Waals surface area contributed by atoms with Crippen molar-refractivity contribution in [2.24, 2.45) is 0 Å². The molecular formula is C12H15NO4. The van der Waals surface area contributed by atoms with Gasteiger partial charge in [-0.3, -0.25) is 9.59 Å². The molecule has 0 fully saturated rings. The van der Waals surface area contributed by atoms with Gasteiger partial charge in [0.15, 0.2) is 17.3 Å². The number of phenolic OH excluding ortho intramolecular Hbond substituents is 1. The highest BCUT2D eigenvalue weighted by Crippen LogP contribution is 2.26. The molecule has 1 atom stereocenters. The largest absolute Gasteiger partial charge is 0.504 e. The summed E-state index contributed by atoms with van der Waals surface area (Å²) in [5.41, 5.74) is 0.274. The van der Waals surface area contributed by atoms with Crippen molar-refractivity contribution in [2.75, 3.05) is 7.11 Å². The second-order valence-electron chi connectivity index (χ2n) is 3.69. The summed E-state index contributed by atoms with van der Waals surface area (Å²) in [7, 11) is 1.42. The van der Waals surface area contributed by atoms with Crippen LogP contribution in [0.5, 0.6) is 11.5 Å². The molecule has 1 aromatic carbocycles. The molecule has 92 valence electrons. The number of benzene rings is 1. The van der Waals surface area contributed by atoms with Crippen LogP contribution < -0.4 is 10.1 Å². The van der Waals surface area contributed by atoms with Crippen molar-refractivity contribution in [3.05, 3.63) is 23.8 Å². The number of phenols is 1. The van der Waals surface area contributed by atoms with Gasteiger partial charge in [0.1, 0.15) is 0 Å². The molecule has 0 radical (unpaired) electrons. The highest BCUT2D eigenvalue weighted by atomic mass is 16.5. The third-order valence-electron chi connectivity index (χ3n) is 2.40. The summed E-state index contributed by atoms with van der Waals surface area (Å²) in [6.07, 6.45) is 0. The Morgan fingerprint density at radius 3 is 2.53 bits per heavy atom. The van der Waals surface area contributed by atoms with Crippen molar-refractivity contribution < 1.29 is 19.4 Å². The monoisotopic (exact) mass is 237 g/mol. The summed E-state index contributed by atoms with van der Waals surface area (Å²) in [5, 5.41) is 12.0. The van der Waals surface area contributed by atoms with E-state index in [9.17, 15) is 14.7 Å². The van der Waals surface area contributed by atoms with Crippen molar-refractivity contribution in [3.8, 4) is 11.5 Å². The normalized spacial score (nSPS) is 11.7. The molecular weight excluding hydrogens is 222 g/mol. The van der Waals surface area contributed by atoms with Crippen molar-refractivity contribution in [3.63, 3.8) is 0 Å². The highest BCUT2D eigenvalue weighted by molar-refractivity contribution is 5.97. The molecule has 0 aliphatic rings. The second kappa shape index (κ2) is 5.34. The van der Waals surface area contributed by atoms with E-state index in [1.165, 1.54) is 32.2 Å². The lowest BCUT2D eigenvalue weighted by molar-refractivity contribution is -0.118. The van der Waals surface area contributed by atoms with Crippen molar-refractivity contribution in [1.82, 2.24) is 5.32 Å². The first-order valence-electron chi connectivity index (χ1n) is 5.14. The van der Waals surface area contributed by atoms with Crippen molar-refractivity contribution in [1.29, 1.82) is 0 Å². The molecule has 2 N–H and O–H groups in total. The van der Waals surface area contributed by atoms with Crippen LogP contribution in [0.15, 0.2) is 18.2 Å². The average molecular weight is 237 g/mol. The number of aromatic hydroxyl groups is 1. The summed E-state index contributed by atoms with van der Waals surface area (Å²) in [4.78, 5) is 22.7. The molecule has 0 aliphatic heterocycles. The van der Waals surface area contributed by atoms with Gasteiger partial charge in [-0.2, -0.15) is 0 Å². The number of nitrogens with one attached hydrogen (secondary N) is 1. The van der Waals surface area contributed by atoms with Crippen LogP contribution >= 0.6 is 0 Å². The lowest BCUT2D eigenvalue weighted by Crippen LogP contribution is -2.37. The number of ether oxygens (including phenoxy) is 1. The van der Waals surface area contributed by atoms with E-state index in [4.69, 9.17) is 4.74 Å². The number of ketones is 1. The van der Waals surface area contributed by atoms with Crippen LogP contribution in [0, 0.1) is 0 Å². The zero-order valence-electron chi connectivity index (χ0n) is 9.98. The molecule has 1 rings (SSSR count). The molecule has 1 unspecified atom stereocenters. The minimum atomic E-state index is -0.549. The molecule has 5 nitrogen and oxygen atoms in total. The van der Waals surface area contributed by atoms with Crippen molar-refractivity contribution >= 4 is 11.7 Å². The van der Waals surface area contributed by atoms with E-state index in [1.807, 2.05) is 0 Å². The first-order valence-corrected chi connectivity index (χ1v) is 5.14. The topological polar surface area (TPSA) is 75.6 Å². The number of hydrogen-bond acceptors (Lipinski definition) is 4. The zero-order valence-corrected chi connectivity index (χ0v) is 9.98. The van der Waals surface area contributed by atoms with E-state index >= 15 is 0 Å². The highest BCUT2D eigenvalue weighted by Gasteiger charge is 2.14. The molecule has 0 spiro atoms. The Balaban J connectivity index is 2.83. The molecule has 0 aliphatic carbocycles. The molecule has 0 saturated carbocycles.